The highest BCUT2D eigenvalue weighted by Gasteiger charge is 2.19. The molecule has 0 fully saturated rings. The van der Waals surface area contributed by atoms with Crippen molar-refractivity contribution < 1.29 is 14.0 Å². The third kappa shape index (κ3) is 6.39. The van der Waals surface area contributed by atoms with E-state index in [1.165, 1.54) is 19.3 Å². The Labute approximate surface area is 168 Å². The number of rotatable bonds is 12. The minimum Gasteiger partial charge on any atom is -0.494 e. The molecule has 0 saturated heterocycles. The average Bonchev–Trinajstić information content (AvgIpc) is 3.34. The van der Waals surface area contributed by atoms with Gasteiger partial charge in [-0.05, 0) is 50.5 Å². The lowest BCUT2D eigenvalue weighted by atomic mass is 10.1. The van der Waals surface area contributed by atoms with E-state index in [1.54, 1.807) is 0 Å². The summed E-state index contributed by atoms with van der Waals surface area (Å²) in [5, 5.41) is 3.92. The van der Waals surface area contributed by atoms with Crippen molar-refractivity contribution in [3.05, 3.63) is 47.3 Å². The van der Waals surface area contributed by atoms with Crippen LogP contribution in [0.25, 0.3) is 0 Å². The molecule has 0 spiro atoms. The van der Waals surface area contributed by atoms with Crippen LogP contribution < -0.4 is 4.74 Å². The Hall–Kier alpha value is -2.30. The van der Waals surface area contributed by atoms with Crippen LogP contribution in [0.2, 0.25) is 0 Å². The van der Waals surface area contributed by atoms with Crippen molar-refractivity contribution in [1.29, 1.82) is 0 Å². The van der Waals surface area contributed by atoms with Crippen molar-refractivity contribution in [3.63, 3.8) is 0 Å². The van der Waals surface area contributed by atoms with Crippen LogP contribution in [0, 0.1) is 6.92 Å². The van der Waals surface area contributed by atoms with Gasteiger partial charge in [0, 0.05) is 18.1 Å². The van der Waals surface area contributed by atoms with E-state index < -0.39 is 0 Å². The number of aryl methyl sites for hydroxylation is 2. The van der Waals surface area contributed by atoms with Crippen LogP contribution in [-0.2, 0) is 11.2 Å². The number of hydrogen-bond acceptors (Lipinski definition) is 5. The number of aliphatic imine (C=N–C) groups is 1. The highest BCUT2D eigenvalue weighted by atomic mass is 16.5. The Morgan fingerprint density at radius 3 is 2.61 bits per heavy atom. The van der Waals surface area contributed by atoms with Gasteiger partial charge in [0.1, 0.15) is 18.1 Å². The molecule has 5 nitrogen and oxygen atoms in total. The molecule has 1 aromatic carbocycles. The molecule has 0 N–H and O–H groups in total. The molecule has 3 rings (SSSR count). The fourth-order valence-electron chi connectivity index (χ4n) is 3.40. The van der Waals surface area contributed by atoms with E-state index in [1.807, 2.05) is 37.3 Å². The molecule has 0 bridgehead atoms. The minimum absolute atomic E-state index is 0.316. The molecule has 0 saturated carbocycles. The molecule has 2 aromatic rings. The highest BCUT2D eigenvalue weighted by molar-refractivity contribution is 5.95. The summed E-state index contributed by atoms with van der Waals surface area (Å²) in [6, 6.07) is 10.4. The van der Waals surface area contributed by atoms with Crippen LogP contribution in [0.3, 0.4) is 0 Å². The molecule has 2 heterocycles. The van der Waals surface area contributed by atoms with Gasteiger partial charge in [0.2, 0.25) is 5.90 Å². The zero-order chi connectivity index (χ0) is 19.6. The van der Waals surface area contributed by atoms with Crippen molar-refractivity contribution >= 4 is 5.90 Å². The Morgan fingerprint density at radius 1 is 1.07 bits per heavy atom. The first-order valence-electron chi connectivity index (χ1n) is 10.6. The molecule has 1 aliphatic heterocycles. The lowest BCUT2D eigenvalue weighted by Gasteiger charge is -2.07. The second-order valence-electron chi connectivity index (χ2n) is 7.51. The summed E-state index contributed by atoms with van der Waals surface area (Å²) in [7, 11) is 0. The third-order valence-corrected chi connectivity index (χ3v) is 4.95. The monoisotopic (exact) mass is 384 g/mol. The molecule has 1 atom stereocenters. The van der Waals surface area contributed by atoms with Crippen LogP contribution in [0.15, 0.2) is 39.8 Å². The van der Waals surface area contributed by atoms with Crippen molar-refractivity contribution in [1.82, 2.24) is 5.16 Å². The third-order valence-electron chi connectivity index (χ3n) is 4.95. The quantitative estimate of drug-likeness (QED) is 0.453. The summed E-state index contributed by atoms with van der Waals surface area (Å²) in [4.78, 5) is 4.65. The summed E-state index contributed by atoms with van der Waals surface area (Å²) in [6.07, 6.45) is 9.08. The van der Waals surface area contributed by atoms with Crippen LogP contribution >= 0.6 is 0 Å². The van der Waals surface area contributed by atoms with Gasteiger partial charge in [0.25, 0.3) is 0 Å². The Bertz CT molecular complexity index is 737. The Morgan fingerprint density at radius 2 is 1.86 bits per heavy atom. The van der Waals surface area contributed by atoms with Crippen LogP contribution in [0.5, 0.6) is 5.75 Å². The second-order valence-corrected chi connectivity index (χ2v) is 7.51. The zero-order valence-corrected chi connectivity index (χ0v) is 17.2. The molecular formula is C23H32N2O3. The van der Waals surface area contributed by atoms with Gasteiger partial charge in [0.15, 0.2) is 0 Å². The first-order valence-corrected chi connectivity index (χ1v) is 10.6. The van der Waals surface area contributed by atoms with E-state index in [0.29, 0.717) is 12.6 Å². The summed E-state index contributed by atoms with van der Waals surface area (Å²) < 4.78 is 16.8. The summed E-state index contributed by atoms with van der Waals surface area (Å²) in [5.41, 5.74) is 2.00. The first kappa shape index (κ1) is 20.4. The standard InChI is InChI=1S/C23H32N2O3/c1-3-9-20-17-27-23(24-20)19-11-13-21(14-12-19)26-15-8-6-4-5-7-10-22-16-18(2)25-28-22/h11-14,16,20H,3-10,15,17H2,1-2H3/t20-/m0/s1. The van der Waals surface area contributed by atoms with Crippen molar-refractivity contribution in [3.8, 4) is 5.75 Å². The minimum atomic E-state index is 0.316. The molecule has 0 aliphatic carbocycles. The maximum Gasteiger partial charge on any atom is 0.216 e. The fourth-order valence-corrected chi connectivity index (χ4v) is 3.40. The van der Waals surface area contributed by atoms with E-state index in [4.69, 9.17) is 14.0 Å². The second kappa shape index (κ2) is 10.9. The van der Waals surface area contributed by atoms with E-state index in [0.717, 1.165) is 67.4 Å². The average molecular weight is 385 g/mol. The number of ether oxygens (including phenoxy) is 2. The number of unbranched alkanes of at least 4 members (excludes halogenated alkanes) is 4. The van der Waals surface area contributed by atoms with Gasteiger partial charge in [-0.1, -0.05) is 37.8 Å². The molecule has 28 heavy (non-hydrogen) atoms. The SMILES string of the molecule is CCC[C@H]1COC(c2ccc(OCCCCCCCc3cc(C)no3)cc2)=N1. The molecule has 0 radical (unpaired) electrons. The van der Waals surface area contributed by atoms with Gasteiger partial charge in [0.05, 0.1) is 18.3 Å². The largest absolute Gasteiger partial charge is 0.494 e. The van der Waals surface area contributed by atoms with E-state index in [9.17, 15) is 0 Å². The van der Waals surface area contributed by atoms with Crippen molar-refractivity contribution in [2.45, 2.75) is 71.3 Å². The number of nitrogens with zero attached hydrogens (tertiary/aromatic N) is 2. The molecule has 1 aliphatic rings. The predicted molar refractivity (Wildman–Crippen MR) is 111 cm³/mol. The van der Waals surface area contributed by atoms with Crippen LogP contribution in [0.1, 0.15) is 68.9 Å². The van der Waals surface area contributed by atoms with E-state index in [-0.39, 0.29) is 0 Å². The molecular weight excluding hydrogens is 352 g/mol. The van der Waals surface area contributed by atoms with Gasteiger partial charge in [-0.3, -0.25) is 0 Å². The summed E-state index contributed by atoms with van der Waals surface area (Å²) in [5.74, 6) is 2.68. The topological polar surface area (TPSA) is 56.9 Å². The fraction of sp³-hybridized carbons (Fsp3) is 0.565. The summed E-state index contributed by atoms with van der Waals surface area (Å²) in [6.45, 7) is 5.61. The zero-order valence-electron chi connectivity index (χ0n) is 17.2. The lowest BCUT2D eigenvalue weighted by Crippen LogP contribution is -2.05. The molecule has 5 heteroatoms. The van der Waals surface area contributed by atoms with Gasteiger partial charge < -0.3 is 14.0 Å². The maximum absolute atomic E-state index is 5.86. The van der Waals surface area contributed by atoms with Crippen LogP contribution in [0.4, 0.5) is 0 Å². The predicted octanol–water partition coefficient (Wildman–Crippen LogP) is 5.50. The Balaban J connectivity index is 1.26. The number of hydrogen-bond donors (Lipinski definition) is 0. The Kier molecular flexibility index (Phi) is 7.94. The molecule has 0 amide bonds. The molecule has 0 unspecified atom stereocenters. The van der Waals surface area contributed by atoms with Crippen molar-refractivity contribution in [2.24, 2.45) is 4.99 Å². The van der Waals surface area contributed by atoms with E-state index in [2.05, 4.69) is 17.1 Å². The first-order chi connectivity index (χ1) is 13.7. The van der Waals surface area contributed by atoms with Gasteiger partial charge in [-0.2, -0.15) is 0 Å². The maximum atomic E-state index is 5.86. The normalized spacial score (nSPS) is 16.1. The van der Waals surface area contributed by atoms with E-state index >= 15 is 0 Å². The lowest BCUT2D eigenvalue weighted by molar-refractivity contribution is 0.303. The summed E-state index contributed by atoms with van der Waals surface area (Å²) >= 11 is 0. The van der Waals surface area contributed by atoms with Crippen molar-refractivity contribution in [2.75, 3.05) is 13.2 Å². The van der Waals surface area contributed by atoms with Gasteiger partial charge in [-0.15, -0.1) is 0 Å². The van der Waals surface area contributed by atoms with Crippen LogP contribution in [-0.4, -0.2) is 30.3 Å². The smallest absolute Gasteiger partial charge is 0.216 e. The molecule has 152 valence electrons. The van der Waals surface area contributed by atoms with Gasteiger partial charge >= 0.3 is 0 Å². The molecule has 1 aromatic heterocycles. The van der Waals surface area contributed by atoms with Gasteiger partial charge in [-0.25, -0.2) is 4.99 Å². The highest BCUT2D eigenvalue weighted by Crippen LogP contribution is 2.19. The number of aromatic nitrogens is 1. The number of benzene rings is 1.